The summed E-state index contributed by atoms with van der Waals surface area (Å²) in [5.74, 6) is 1.21. The molecule has 2 unspecified atom stereocenters. The molecule has 3 heteroatoms. The summed E-state index contributed by atoms with van der Waals surface area (Å²) < 4.78 is 0. The summed E-state index contributed by atoms with van der Waals surface area (Å²) in [5, 5.41) is 22.6. The van der Waals surface area contributed by atoms with Crippen LogP contribution in [0.1, 0.15) is 38.3 Å². The van der Waals surface area contributed by atoms with E-state index in [1.54, 1.807) is 6.07 Å². The molecular weight excluding hydrogens is 202 g/mol. The molecule has 0 saturated heterocycles. The summed E-state index contributed by atoms with van der Waals surface area (Å²) in [6.07, 6.45) is 2.60. The first-order valence-corrected chi connectivity index (χ1v) is 5.86. The van der Waals surface area contributed by atoms with E-state index in [0.29, 0.717) is 6.04 Å². The SMILES string of the molecule is CC(NC(C)C1CC1)c1cc(O)ccc1O. The molecule has 0 aromatic heterocycles. The van der Waals surface area contributed by atoms with Crippen molar-refractivity contribution in [1.29, 1.82) is 0 Å². The molecule has 0 heterocycles. The van der Waals surface area contributed by atoms with Crippen LogP contribution in [0.4, 0.5) is 0 Å². The molecule has 3 N–H and O–H groups in total. The molecule has 0 radical (unpaired) electrons. The van der Waals surface area contributed by atoms with Gasteiger partial charge in [0.15, 0.2) is 0 Å². The van der Waals surface area contributed by atoms with Gasteiger partial charge in [-0.15, -0.1) is 0 Å². The normalized spacial score (nSPS) is 19.4. The summed E-state index contributed by atoms with van der Waals surface area (Å²) in [4.78, 5) is 0. The van der Waals surface area contributed by atoms with Crippen molar-refractivity contribution in [2.75, 3.05) is 0 Å². The average Bonchev–Trinajstić information content (AvgIpc) is 3.04. The summed E-state index contributed by atoms with van der Waals surface area (Å²) >= 11 is 0. The van der Waals surface area contributed by atoms with Crippen molar-refractivity contribution in [1.82, 2.24) is 5.32 Å². The molecule has 3 nitrogen and oxygen atoms in total. The van der Waals surface area contributed by atoms with E-state index in [1.165, 1.54) is 25.0 Å². The number of benzene rings is 1. The minimum absolute atomic E-state index is 0.0581. The molecule has 0 bridgehead atoms. The molecule has 1 aromatic carbocycles. The Kier molecular flexibility index (Phi) is 3.06. The van der Waals surface area contributed by atoms with Crippen molar-refractivity contribution in [3.05, 3.63) is 23.8 Å². The number of hydrogen-bond donors (Lipinski definition) is 3. The van der Waals surface area contributed by atoms with Crippen LogP contribution in [-0.4, -0.2) is 16.3 Å². The Morgan fingerprint density at radius 1 is 1.25 bits per heavy atom. The van der Waals surface area contributed by atoms with Gasteiger partial charge in [0.2, 0.25) is 0 Å². The van der Waals surface area contributed by atoms with Gasteiger partial charge in [-0.3, -0.25) is 0 Å². The first-order chi connectivity index (χ1) is 7.58. The molecule has 1 aliphatic carbocycles. The first-order valence-electron chi connectivity index (χ1n) is 5.86. The van der Waals surface area contributed by atoms with Gasteiger partial charge in [-0.2, -0.15) is 0 Å². The van der Waals surface area contributed by atoms with Gasteiger partial charge < -0.3 is 15.5 Å². The molecule has 88 valence electrons. The lowest BCUT2D eigenvalue weighted by molar-refractivity contribution is 0.411. The topological polar surface area (TPSA) is 52.5 Å². The van der Waals surface area contributed by atoms with Gasteiger partial charge in [-0.25, -0.2) is 0 Å². The Labute approximate surface area is 96.1 Å². The smallest absolute Gasteiger partial charge is 0.120 e. The fourth-order valence-corrected chi connectivity index (χ4v) is 2.11. The molecule has 0 spiro atoms. The van der Waals surface area contributed by atoms with E-state index < -0.39 is 0 Å². The summed E-state index contributed by atoms with van der Waals surface area (Å²) in [5.41, 5.74) is 0.757. The quantitative estimate of drug-likeness (QED) is 0.685. The van der Waals surface area contributed by atoms with Crippen molar-refractivity contribution in [2.24, 2.45) is 5.92 Å². The Morgan fingerprint density at radius 2 is 1.94 bits per heavy atom. The highest BCUT2D eigenvalue weighted by Crippen LogP contribution is 2.34. The van der Waals surface area contributed by atoms with Crippen LogP contribution in [0, 0.1) is 5.92 Å². The number of phenolic OH excluding ortho intramolecular Hbond substituents is 2. The van der Waals surface area contributed by atoms with Crippen molar-refractivity contribution in [3.8, 4) is 11.5 Å². The third kappa shape index (κ3) is 2.47. The fraction of sp³-hybridized carbons (Fsp3) is 0.538. The van der Waals surface area contributed by atoms with Crippen LogP contribution >= 0.6 is 0 Å². The molecule has 1 saturated carbocycles. The van der Waals surface area contributed by atoms with E-state index in [2.05, 4.69) is 12.2 Å². The van der Waals surface area contributed by atoms with Gasteiger partial charge in [-0.05, 0) is 50.8 Å². The summed E-state index contributed by atoms with van der Waals surface area (Å²) in [6.45, 7) is 4.18. The minimum atomic E-state index is 0.0581. The lowest BCUT2D eigenvalue weighted by atomic mass is 10.0. The molecule has 0 aliphatic heterocycles. The number of rotatable bonds is 4. The highest BCUT2D eigenvalue weighted by molar-refractivity contribution is 5.40. The lowest BCUT2D eigenvalue weighted by Gasteiger charge is -2.21. The molecule has 1 aliphatic rings. The Balaban J connectivity index is 2.06. The van der Waals surface area contributed by atoms with Gasteiger partial charge in [0.05, 0.1) is 0 Å². The van der Waals surface area contributed by atoms with Crippen molar-refractivity contribution >= 4 is 0 Å². The summed E-state index contributed by atoms with van der Waals surface area (Å²) in [7, 11) is 0. The Hall–Kier alpha value is -1.22. The van der Waals surface area contributed by atoms with E-state index in [1.807, 2.05) is 6.92 Å². The fourth-order valence-electron chi connectivity index (χ4n) is 2.11. The van der Waals surface area contributed by atoms with E-state index in [4.69, 9.17) is 0 Å². The zero-order valence-corrected chi connectivity index (χ0v) is 9.77. The van der Waals surface area contributed by atoms with Gasteiger partial charge in [0.25, 0.3) is 0 Å². The molecule has 2 atom stereocenters. The standard InChI is InChI=1S/C13H19NO2/c1-8(10-3-4-10)14-9(2)12-7-11(15)5-6-13(12)16/h5-10,14-16H,3-4H2,1-2H3. The third-order valence-electron chi connectivity index (χ3n) is 3.32. The van der Waals surface area contributed by atoms with Crippen LogP contribution in [-0.2, 0) is 0 Å². The second-order valence-corrected chi connectivity index (χ2v) is 4.76. The maximum absolute atomic E-state index is 9.72. The van der Waals surface area contributed by atoms with E-state index in [0.717, 1.165) is 11.5 Å². The van der Waals surface area contributed by atoms with Crippen LogP contribution in [0.2, 0.25) is 0 Å². The molecule has 2 rings (SSSR count). The predicted molar refractivity (Wildman–Crippen MR) is 63.5 cm³/mol. The largest absolute Gasteiger partial charge is 0.508 e. The zero-order valence-electron chi connectivity index (χ0n) is 9.77. The lowest BCUT2D eigenvalue weighted by Crippen LogP contribution is -2.30. The molecule has 0 amide bonds. The van der Waals surface area contributed by atoms with Crippen LogP contribution in [0.3, 0.4) is 0 Å². The van der Waals surface area contributed by atoms with Gasteiger partial charge in [0.1, 0.15) is 11.5 Å². The monoisotopic (exact) mass is 221 g/mol. The van der Waals surface area contributed by atoms with E-state index in [9.17, 15) is 10.2 Å². The Bertz CT molecular complexity index is 374. The highest BCUT2D eigenvalue weighted by Gasteiger charge is 2.29. The van der Waals surface area contributed by atoms with Gasteiger partial charge in [-0.1, -0.05) is 0 Å². The van der Waals surface area contributed by atoms with Gasteiger partial charge >= 0.3 is 0 Å². The zero-order chi connectivity index (χ0) is 11.7. The first kappa shape index (κ1) is 11.3. The van der Waals surface area contributed by atoms with Crippen molar-refractivity contribution in [3.63, 3.8) is 0 Å². The van der Waals surface area contributed by atoms with Crippen molar-refractivity contribution < 1.29 is 10.2 Å². The number of aromatic hydroxyl groups is 2. The number of phenols is 2. The van der Waals surface area contributed by atoms with E-state index >= 15 is 0 Å². The number of hydrogen-bond acceptors (Lipinski definition) is 3. The second kappa shape index (κ2) is 4.34. The minimum Gasteiger partial charge on any atom is -0.508 e. The predicted octanol–water partition coefficient (Wildman–Crippen LogP) is 2.55. The van der Waals surface area contributed by atoms with Gasteiger partial charge in [0, 0.05) is 17.6 Å². The average molecular weight is 221 g/mol. The molecule has 1 aromatic rings. The van der Waals surface area contributed by atoms with Crippen LogP contribution in [0.25, 0.3) is 0 Å². The van der Waals surface area contributed by atoms with Crippen LogP contribution in [0.15, 0.2) is 18.2 Å². The molecule has 1 fully saturated rings. The maximum Gasteiger partial charge on any atom is 0.120 e. The molecule has 16 heavy (non-hydrogen) atoms. The van der Waals surface area contributed by atoms with Crippen molar-refractivity contribution in [2.45, 2.75) is 38.8 Å². The number of nitrogens with one attached hydrogen (secondary N) is 1. The summed E-state index contributed by atoms with van der Waals surface area (Å²) in [6, 6.07) is 5.17. The maximum atomic E-state index is 9.72. The molecular formula is C13H19NO2. The van der Waals surface area contributed by atoms with Crippen LogP contribution < -0.4 is 5.32 Å². The van der Waals surface area contributed by atoms with E-state index in [-0.39, 0.29) is 17.5 Å². The highest BCUT2D eigenvalue weighted by atomic mass is 16.3. The second-order valence-electron chi connectivity index (χ2n) is 4.76. The Morgan fingerprint density at radius 3 is 2.56 bits per heavy atom. The third-order valence-corrected chi connectivity index (χ3v) is 3.32. The van der Waals surface area contributed by atoms with Crippen LogP contribution in [0.5, 0.6) is 11.5 Å².